The van der Waals surface area contributed by atoms with E-state index in [9.17, 15) is 9.59 Å². The molecule has 0 spiro atoms. The molecule has 0 unspecified atom stereocenters. The van der Waals surface area contributed by atoms with Crippen molar-refractivity contribution in [2.75, 3.05) is 47.1 Å². The van der Waals surface area contributed by atoms with Crippen LogP contribution in [0.5, 0.6) is 5.75 Å². The lowest BCUT2D eigenvalue weighted by Gasteiger charge is -2.25. The van der Waals surface area contributed by atoms with Crippen LogP contribution in [0.2, 0.25) is 0 Å². The Morgan fingerprint density at radius 1 is 0.935 bits per heavy atom. The van der Waals surface area contributed by atoms with E-state index in [4.69, 9.17) is 14.2 Å². The number of amides is 2. The normalized spacial score (nSPS) is 14.2. The van der Waals surface area contributed by atoms with E-state index in [-0.39, 0.29) is 17.9 Å². The van der Waals surface area contributed by atoms with Gasteiger partial charge in [-0.25, -0.2) is 0 Å². The highest BCUT2D eigenvalue weighted by molar-refractivity contribution is 6.35. The zero-order chi connectivity index (χ0) is 22.8. The summed E-state index contributed by atoms with van der Waals surface area (Å²) in [6.45, 7) is 8.33. The first-order valence-corrected chi connectivity index (χ1v) is 11.0. The first kappa shape index (κ1) is 24.9. The molecule has 0 aliphatic carbocycles. The summed E-state index contributed by atoms with van der Waals surface area (Å²) in [5, 5.41) is 0. The van der Waals surface area contributed by atoms with Gasteiger partial charge >= 0.3 is 0 Å². The summed E-state index contributed by atoms with van der Waals surface area (Å²) >= 11 is 0. The molecule has 0 atom stereocenters. The van der Waals surface area contributed by atoms with E-state index in [1.807, 2.05) is 43.0 Å². The molecule has 2 rings (SSSR count). The molecule has 0 fully saturated rings. The van der Waals surface area contributed by atoms with Crippen LogP contribution < -0.4 is 4.74 Å². The maximum Gasteiger partial charge on any atom is 0.277 e. The standard InChI is InChI=1S/C24H36N2O5/c1-6-7-8-13-26-23(27)21(19-9-11-20(12-10-19)31-18(2)3)22(24(26)28)25(14-16-29-4)15-17-30-5/h9-12,18H,6-8,13-17H2,1-5H3. The summed E-state index contributed by atoms with van der Waals surface area (Å²) in [4.78, 5) is 30.0. The second-order valence-electron chi connectivity index (χ2n) is 7.86. The number of methoxy groups -OCH3 is 2. The number of hydrogen-bond donors (Lipinski definition) is 0. The minimum atomic E-state index is -0.245. The zero-order valence-electron chi connectivity index (χ0n) is 19.5. The largest absolute Gasteiger partial charge is 0.491 e. The Morgan fingerprint density at radius 2 is 1.55 bits per heavy atom. The molecule has 0 aromatic heterocycles. The van der Waals surface area contributed by atoms with E-state index >= 15 is 0 Å². The van der Waals surface area contributed by atoms with Gasteiger partial charge in [0.15, 0.2) is 0 Å². The van der Waals surface area contributed by atoms with Gasteiger partial charge < -0.3 is 19.1 Å². The lowest BCUT2D eigenvalue weighted by atomic mass is 10.0. The number of rotatable bonds is 14. The van der Waals surface area contributed by atoms with Gasteiger partial charge in [-0.05, 0) is 38.0 Å². The number of nitrogens with zero attached hydrogens (tertiary/aromatic N) is 2. The molecule has 0 N–H and O–H groups in total. The summed E-state index contributed by atoms with van der Waals surface area (Å²) in [5.74, 6) is 0.243. The number of hydrogen-bond acceptors (Lipinski definition) is 6. The molecule has 31 heavy (non-hydrogen) atoms. The van der Waals surface area contributed by atoms with Gasteiger partial charge in [-0.1, -0.05) is 31.9 Å². The Morgan fingerprint density at radius 3 is 2.06 bits per heavy atom. The smallest absolute Gasteiger partial charge is 0.277 e. The molecule has 7 heteroatoms. The maximum atomic E-state index is 13.4. The van der Waals surface area contributed by atoms with Crippen molar-refractivity contribution in [1.82, 2.24) is 9.80 Å². The number of ether oxygens (including phenoxy) is 3. The lowest BCUT2D eigenvalue weighted by Crippen LogP contribution is -2.38. The fourth-order valence-corrected chi connectivity index (χ4v) is 3.55. The molecule has 0 saturated carbocycles. The van der Waals surface area contributed by atoms with Crippen LogP contribution in [0.4, 0.5) is 0 Å². The highest BCUT2D eigenvalue weighted by Crippen LogP contribution is 2.33. The number of carbonyl (C=O) groups is 2. The van der Waals surface area contributed by atoms with Crippen molar-refractivity contribution in [3.63, 3.8) is 0 Å². The van der Waals surface area contributed by atoms with Crippen LogP contribution in [0, 0.1) is 0 Å². The van der Waals surface area contributed by atoms with E-state index in [2.05, 4.69) is 6.92 Å². The minimum Gasteiger partial charge on any atom is -0.491 e. The van der Waals surface area contributed by atoms with E-state index in [0.717, 1.165) is 25.0 Å². The second-order valence-corrected chi connectivity index (χ2v) is 7.86. The second kappa shape index (κ2) is 12.5. The number of carbonyl (C=O) groups excluding carboxylic acids is 2. The Bertz CT molecular complexity index is 750. The Balaban J connectivity index is 2.44. The first-order chi connectivity index (χ1) is 14.9. The number of unbranched alkanes of at least 4 members (excludes halogenated alkanes) is 2. The van der Waals surface area contributed by atoms with Gasteiger partial charge in [-0.3, -0.25) is 14.5 Å². The van der Waals surface area contributed by atoms with Crippen LogP contribution in [0.15, 0.2) is 30.0 Å². The van der Waals surface area contributed by atoms with Crippen LogP contribution in [-0.2, 0) is 19.1 Å². The third kappa shape index (κ3) is 6.55. The van der Waals surface area contributed by atoms with Gasteiger partial charge in [0.1, 0.15) is 11.4 Å². The van der Waals surface area contributed by atoms with E-state index in [0.29, 0.717) is 49.7 Å². The molecular weight excluding hydrogens is 396 g/mol. The Labute approximate surface area is 185 Å². The number of imide groups is 1. The van der Waals surface area contributed by atoms with Crippen LogP contribution in [0.1, 0.15) is 45.6 Å². The highest BCUT2D eigenvalue weighted by atomic mass is 16.5. The topological polar surface area (TPSA) is 68.3 Å². The van der Waals surface area contributed by atoms with Gasteiger partial charge in [-0.15, -0.1) is 0 Å². The Hall–Kier alpha value is -2.38. The minimum absolute atomic E-state index is 0.0583. The van der Waals surface area contributed by atoms with Crippen LogP contribution >= 0.6 is 0 Å². The van der Waals surface area contributed by atoms with Gasteiger partial charge in [0.05, 0.1) is 24.9 Å². The molecule has 0 bridgehead atoms. The van der Waals surface area contributed by atoms with Crippen molar-refractivity contribution < 1.29 is 23.8 Å². The molecule has 1 aromatic rings. The van der Waals surface area contributed by atoms with E-state index in [1.165, 1.54) is 4.90 Å². The van der Waals surface area contributed by atoms with Crippen molar-refractivity contribution >= 4 is 17.4 Å². The molecule has 172 valence electrons. The van der Waals surface area contributed by atoms with Crippen molar-refractivity contribution in [2.45, 2.75) is 46.1 Å². The average molecular weight is 433 g/mol. The van der Waals surface area contributed by atoms with E-state index < -0.39 is 0 Å². The van der Waals surface area contributed by atoms with Gasteiger partial charge in [0.25, 0.3) is 11.8 Å². The summed E-state index contributed by atoms with van der Waals surface area (Å²) in [5.41, 5.74) is 1.57. The van der Waals surface area contributed by atoms with Crippen LogP contribution in [0.25, 0.3) is 5.57 Å². The molecule has 1 aliphatic heterocycles. The monoisotopic (exact) mass is 432 g/mol. The summed E-state index contributed by atoms with van der Waals surface area (Å²) in [6, 6.07) is 7.37. The molecule has 1 aromatic carbocycles. The predicted molar refractivity (Wildman–Crippen MR) is 121 cm³/mol. The van der Waals surface area contributed by atoms with Gasteiger partial charge in [0, 0.05) is 33.9 Å². The molecule has 7 nitrogen and oxygen atoms in total. The SMILES string of the molecule is CCCCCN1C(=O)C(c2ccc(OC(C)C)cc2)=C(N(CCOC)CCOC)C1=O. The lowest BCUT2D eigenvalue weighted by molar-refractivity contribution is -0.137. The molecule has 2 amide bonds. The van der Waals surface area contributed by atoms with Crippen molar-refractivity contribution in [3.8, 4) is 5.75 Å². The van der Waals surface area contributed by atoms with Crippen molar-refractivity contribution in [2.24, 2.45) is 0 Å². The summed E-state index contributed by atoms with van der Waals surface area (Å²) < 4.78 is 16.2. The quantitative estimate of drug-likeness (QED) is 0.332. The molecule has 1 aliphatic rings. The zero-order valence-corrected chi connectivity index (χ0v) is 19.5. The van der Waals surface area contributed by atoms with Crippen LogP contribution in [0.3, 0.4) is 0 Å². The van der Waals surface area contributed by atoms with Crippen molar-refractivity contribution in [3.05, 3.63) is 35.5 Å². The third-order valence-corrected chi connectivity index (χ3v) is 5.09. The fraction of sp³-hybridized carbons (Fsp3) is 0.583. The van der Waals surface area contributed by atoms with Gasteiger partial charge in [0.2, 0.25) is 0 Å². The van der Waals surface area contributed by atoms with E-state index in [1.54, 1.807) is 14.2 Å². The number of benzene rings is 1. The van der Waals surface area contributed by atoms with Gasteiger partial charge in [-0.2, -0.15) is 0 Å². The fourth-order valence-electron chi connectivity index (χ4n) is 3.55. The van der Waals surface area contributed by atoms with Crippen molar-refractivity contribution in [1.29, 1.82) is 0 Å². The molecular formula is C24H36N2O5. The summed E-state index contributed by atoms with van der Waals surface area (Å²) in [6.07, 6.45) is 2.85. The maximum absolute atomic E-state index is 13.4. The van der Waals surface area contributed by atoms with Crippen LogP contribution in [-0.4, -0.2) is 74.8 Å². The highest BCUT2D eigenvalue weighted by Gasteiger charge is 2.41. The first-order valence-electron chi connectivity index (χ1n) is 11.0. The molecule has 0 saturated heterocycles. The summed E-state index contributed by atoms with van der Waals surface area (Å²) in [7, 11) is 3.24. The molecule has 0 radical (unpaired) electrons. The average Bonchev–Trinajstić information content (AvgIpc) is 2.99. The predicted octanol–water partition coefficient (Wildman–Crippen LogP) is 3.34. The molecule has 1 heterocycles. The third-order valence-electron chi connectivity index (χ3n) is 5.09. The Kier molecular flexibility index (Phi) is 10.0.